The number of unbranched alkanes of at least 4 members (excludes halogenated alkanes) is 1. The monoisotopic (exact) mass is 479 g/mol. The molecule has 35 heavy (non-hydrogen) atoms. The molecule has 9 heteroatoms. The molecule has 0 atom stereocenters. The van der Waals surface area contributed by atoms with Gasteiger partial charge in [0, 0.05) is 18.0 Å². The molecular weight excluding hydrogens is 449 g/mol. The second-order valence-corrected chi connectivity index (χ2v) is 8.71. The summed E-state index contributed by atoms with van der Waals surface area (Å²) in [6, 6.07) is 13.0. The van der Waals surface area contributed by atoms with Crippen molar-refractivity contribution >= 4 is 17.5 Å². The zero-order valence-electron chi connectivity index (χ0n) is 19.8. The normalized spacial score (nSPS) is 14.6. The minimum absolute atomic E-state index is 0.0742. The topological polar surface area (TPSA) is 100 Å². The van der Waals surface area contributed by atoms with Gasteiger partial charge in [0.1, 0.15) is 5.82 Å². The fraction of sp³-hybridized carbons (Fsp3) is 0.385. The number of benzene rings is 2. The first kappa shape index (κ1) is 24.5. The van der Waals surface area contributed by atoms with Crippen LogP contribution in [0.15, 0.2) is 53.1 Å². The maximum Gasteiger partial charge on any atom is 0.253 e. The zero-order chi connectivity index (χ0) is 24.6. The molecular formula is C26H30FN5O3. The lowest BCUT2D eigenvalue weighted by Gasteiger charge is -2.30. The number of amides is 2. The number of carbonyl (C=O) groups excluding carboxylic acids is 2. The van der Waals surface area contributed by atoms with Gasteiger partial charge in [0.25, 0.3) is 5.91 Å². The Bertz CT molecular complexity index is 1140. The van der Waals surface area contributed by atoms with Gasteiger partial charge in [-0.3, -0.25) is 14.5 Å². The quantitative estimate of drug-likeness (QED) is 0.445. The van der Waals surface area contributed by atoms with E-state index in [1.807, 2.05) is 6.07 Å². The van der Waals surface area contributed by atoms with E-state index in [4.69, 9.17) is 4.52 Å². The Kier molecular flexibility index (Phi) is 8.20. The van der Waals surface area contributed by atoms with Gasteiger partial charge >= 0.3 is 0 Å². The summed E-state index contributed by atoms with van der Waals surface area (Å²) >= 11 is 0. The third-order valence-electron chi connectivity index (χ3n) is 6.13. The highest BCUT2D eigenvalue weighted by Crippen LogP contribution is 2.23. The van der Waals surface area contributed by atoms with Gasteiger partial charge in [-0.1, -0.05) is 30.6 Å². The lowest BCUT2D eigenvalue weighted by Crippen LogP contribution is -2.38. The van der Waals surface area contributed by atoms with Gasteiger partial charge in [0.05, 0.1) is 17.8 Å². The maximum atomic E-state index is 13.1. The van der Waals surface area contributed by atoms with Gasteiger partial charge in [0.2, 0.25) is 17.6 Å². The summed E-state index contributed by atoms with van der Waals surface area (Å²) in [5.74, 6) is 0.198. The van der Waals surface area contributed by atoms with Crippen molar-refractivity contribution in [3.05, 3.63) is 65.8 Å². The number of halogens is 1. The van der Waals surface area contributed by atoms with Crippen molar-refractivity contribution in [3.63, 3.8) is 0 Å². The molecule has 2 amide bonds. The van der Waals surface area contributed by atoms with Crippen LogP contribution in [0.5, 0.6) is 0 Å². The zero-order valence-corrected chi connectivity index (χ0v) is 19.8. The molecule has 3 aromatic rings. The highest BCUT2D eigenvalue weighted by atomic mass is 19.1. The summed E-state index contributed by atoms with van der Waals surface area (Å²) in [4.78, 5) is 32.0. The number of nitrogens with one attached hydrogen (secondary N) is 2. The highest BCUT2D eigenvalue weighted by molar-refractivity contribution is 6.04. The number of hydrogen-bond donors (Lipinski definition) is 2. The van der Waals surface area contributed by atoms with Crippen LogP contribution in [-0.2, 0) is 11.3 Å². The summed E-state index contributed by atoms with van der Waals surface area (Å²) in [5.41, 5.74) is 1.70. The molecule has 0 spiro atoms. The van der Waals surface area contributed by atoms with Crippen LogP contribution in [0.25, 0.3) is 11.4 Å². The molecule has 184 valence electrons. The minimum Gasteiger partial charge on any atom is -0.352 e. The molecule has 0 unspecified atom stereocenters. The molecule has 1 saturated heterocycles. The first-order valence-electron chi connectivity index (χ1n) is 12.0. The van der Waals surface area contributed by atoms with Gasteiger partial charge in [0.15, 0.2) is 0 Å². The van der Waals surface area contributed by atoms with Crippen LogP contribution in [0, 0.1) is 11.7 Å². The summed E-state index contributed by atoms with van der Waals surface area (Å²) in [6.45, 7) is 4.60. The fourth-order valence-electron chi connectivity index (χ4n) is 4.08. The lowest BCUT2D eigenvalue weighted by molar-refractivity contribution is -0.121. The number of anilines is 1. The molecule has 1 aliphatic heterocycles. The molecule has 2 aromatic carbocycles. The first-order chi connectivity index (χ1) is 17.0. The van der Waals surface area contributed by atoms with Gasteiger partial charge in [-0.15, -0.1) is 0 Å². The molecule has 2 N–H and O–H groups in total. The highest BCUT2D eigenvalue weighted by Gasteiger charge is 2.27. The number of likely N-dealkylation sites (tertiary alicyclic amines) is 1. The third kappa shape index (κ3) is 6.51. The second kappa shape index (κ2) is 11.7. The van der Waals surface area contributed by atoms with Crippen molar-refractivity contribution in [2.24, 2.45) is 5.92 Å². The first-order valence-corrected chi connectivity index (χ1v) is 12.0. The van der Waals surface area contributed by atoms with Crippen LogP contribution < -0.4 is 10.6 Å². The van der Waals surface area contributed by atoms with E-state index in [9.17, 15) is 14.0 Å². The number of nitrogens with zero attached hydrogens (tertiary/aromatic N) is 3. The van der Waals surface area contributed by atoms with E-state index in [2.05, 4.69) is 32.6 Å². The van der Waals surface area contributed by atoms with Crippen LogP contribution >= 0.6 is 0 Å². The van der Waals surface area contributed by atoms with Crippen LogP contribution in [0.1, 0.15) is 48.9 Å². The van der Waals surface area contributed by atoms with Crippen LogP contribution in [0.3, 0.4) is 0 Å². The van der Waals surface area contributed by atoms with Crippen molar-refractivity contribution in [1.82, 2.24) is 20.4 Å². The standard InChI is InChI=1S/C26H30FN5O3/c1-2-3-14-28-26(34)21-6-4-5-7-22(21)29-25(33)19-12-15-32(16-13-19)17-23-30-24(31-35-23)18-8-10-20(27)11-9-18/h4-11,19H,2-3,12-17H2,1H3,(H,28,34)(H,29,33). The van der Waals surface area contributed by atoms with Gasteiger partial charge in [-0.05, 0) is 68.8 Å². The maximum absolute atomic E-state index is 13.1. The van der Waals surface area contributed by atoms with Crippen molar-refractivity contribution in [2.45, 2.75) is 39.2 Å². The van der Waals surface area contributed by atoms with E-state index in [0.29, 0.717) is 67.6 Å². The summed E-state index contributed by atoms with van der Waals surface area (Å²) < 4.78 is 18.5. The van der Waals surface area contributed by atoms with Crippen molar-refractivity contribution < 1.29 is 18.5 Å². The molecule has 1 aliphatic rings. The number of hydrogen-bond acceptors (Lipinski definition) is 6. The van der Waals surface area contributed by atoms with E-state index in [1.165, 1.54) is 12.1 Å². The van der Waals surface area contributed by atoms with E-state index in [0.717, 1.165) is 12.8 Å². The Labute approximate surface area is 203 Å². The Hall–Kier alpha value is -3.59. The smallest absolute Gasteiger partial charge is 0.253 e. The van der Waals surface area contributed by atoms with Gasteiger partial charge in [-0.2, -0.15) is 4.98 Å². The summed E-state index contributed by atoms with van der Waals surface area (Å²) in [6.07, 6.45) is 3.29. The SMILES string of the molecule is CCCCNC(=O)c1ccccc1NC(=O)C1CCN(Cc2nc(-c3ccc(F)cc3)no2)CC1. The number of piperidine rings is 1. The molecule has 0 radical (unpaired) electrons. The molecule has 4 rings (SSSR count). The van der Waals surface area contributed by atoms with Crippen molar-refractivity contribution in [3.8, 4) is 11.4 Å². The second-order valence-electron chi connectivity index (χ2n) is 8.71. The average Bonchev–Trinajstić information content (AvgIpc) is 3.33. The van der Waals surface area contributed by atoms with E-state index < -0.39 is 0 Å². The number of para-hydroxylation sites is 1. The summed E-state index contributed by atoms with van der Waals surface area (Å²) in [5, 5.41) is 9.84. The number of rotatable bonds is 9. The van der Waals surface area contributed by atoms with Crippen LogP contribution in [0.2, 0.25) is 0 Å². The van der Waals surface area contributed by atoms with Crippen LogP contribution in [-0.4, -0.2) is 46.5 Å². The predicted octanol–water partition coefficient (Wildman–Crippen LogP) is 4.26. The van der Waals surface area contributed by atoms with Crippen molar-refractivity contribution in [2.75, 3.05) is 25.0 Å². The average molecular weight is 480 g/mol. The largest absolute Gasteiger partial charge is 0.352 e. The molecule has 8 nitrogen and oxygen atoms in total. The predicted molar refractivity (Wildman–Crippen MR) is 130 cm³/mol. The molecule has 0 bridgehead atoms. The Morgan fingerprint density at radius 1 is 1.11 bits per heavy atom. The van der Waals surface area contributed by atoms with E-state index in [-0.39, 0.29) is 23.5 Å². The lowest BCUT2D eigenvalue weighted by atomic mass is 9.95. The minimum atomic E-state index is -0.317. The van der Waals surface area contributed by atoms with Crippen LogP contribution in [0.4, 0.5) is 10.1 Å². The molecule has 1 aromatic heterocycles. The third-order valence-corrected chi connectivity index (χ3v) is 6.13. The number of aromatic nitrogens is 2. The molecule has 0 aliphatic carbocycles. The molecule has 2 heterocycles. The Morgan fingerprint density at radius 3 is 2.60 bits per heavy atom. The summed E-state index contributed by atoms with van der Waals surface area (Å²) in [7, 11) is 0. The Morgan fingerprint density at radius 2 is 1.86 bits per heavy atom. The van der Waals surface area contributed by atoms with Gasteiger partial charge < -0.3 is 15.2 Å². The molecule has 1 fully saturated rings. The van der Waals surface area contributed by atoms with E-state index in [1.54, 1.807) is 30.3 Å². The fourth-order valence-corrected chi connectivity index (χ4v) is 4.08. The Balaban J connectivity index is 1.28. The van der Waals surface area contributed by atoms with Gasteiger partial charge in [-0.25, -0.2) is 4.39 Å². The van der Waals surface area contributed by atoms with E-state index >= 15 is 0 Å². The van der Waals surface area contributed by atoms with Crippen molar-refractivity contribution in [1.29, 1.82) is 0 Å². The number of carbonyl (C=O) groups is 2. The molecule has 0 saturated carbocycles.